The molecular formula is C16H34N2O4. The molecule has 0 saturated heterocycles. The van der Waals surface area contributed by atoms with E-state index in [1.54, 1.807) is 0 Å². The fraction of sp³-hybridized carbons (Fsp3) is 1.00. The molecule has 1 fully saturated rings. The van der Waals surface area contributed by atoms with Gasteiger partial charge in [0.15, 0.2) is 6.29 Å². The van der Waals surface area contributed by atoms with Crippen LogP contribution < -0.4 is 11.1 Å². The van der Waals surface area contributed by atoms with Gasteiger partial charge in [-0.1, -0.05) is 33.1 Å². The fourth-order valence-electron chi connectivity index (χ4n) is 2.97. The van der Waals surface area contributed by atoms with Crippen LogP contribution in [0.15, 0.2) is 0 Å². The van der Waals surface area contributed by atoms with Gasteiger partial charge in [0.05, 0.1) is 12.7 Å². The first-order valence-corrected chi connectivity index (χ1v) is 8.56. The molecule has 6 heteroatoms. The van der Waals surface area contributed by atoms with E-state index in [2.05, 4.69) is 19.2 Å². The summed E-state index contributed by atoms with van der Waals surface area (Å²) in [6.07, 6.45) is 4.58. The predicted octanol–water partition coefficient (Wildman–Crippen LogP) is 0.687. The zero-order valence-electron chi connectivity index (χ0n) is 13.9. The molecule has 0 aliphatic heterocycles. The largest absolute Gasteiger partial charge is 0.395 e. The molecule has 0 aromatic heterocycles. The third-order valence-corrected chi connectivity index (χ3v) is 4.16. The summed E-state index contributed by atoms with van der Waals surface area (Å²) in [5, 5.41) is 32.3. The van der Waals surface area contributed by atoms with Crippen molar-refractivity contribution in [2.75, 3.05) is 6.61 Å². The maximum atomic E-state index is 10.1. The molecule has 0 amide bonds. The van der Waals surface area contributed by atoms with E-state index < -0.39 is 18.6 Å². The van der Waals surface area contributed by atoms with E-state index in [-0.39, 0.29) is 25.2 Å². The molecule has 0 aromatic carbocycles. The van der Waals surface area contributed by atoms with Crippen LogP contribution in [0.2, 0.25) is 0 Å². The minimum atomic E-state index is -0.972. The first-order valence-electron chi connectivity index (χ1n) is 8.56. The highest BCUT2D eigenvalue weighted by atomic mass is 16.6. The second-order valence-electron chi connectivity index (χ2n) is 6.87. The van der Waals surface area contributed by atoms with Crippen LogP contribution in [0, 0.1) is 5.92 Å². The third kappa shape index (κ3) is 7.85. The lowest BCUT2D eigenvalue weighted by Crippen LogP contribution is -2.52. The lowest BCUT2D eigenvalue weighted by atomic mass is 9.98. The van der Waals surface area contributed by atoms with Gasteiger partial charge in [-0.3, -0.25) is 5.32 Å². The molecule has 6 N–H and O–H groups in total. The molecule has 6 nitrogen and oxygen atoms in total. The molecule has 0 bridgehead atoms. The van der Waals surface area contributed by atoms with Gasteiger partial charge < -0.3 is 25.8 Å². The van der Waals surface area contributed by atoms with E-state index in [9.17, 15) is 15.3 Å². The van der Waals surface area contributed by atoms with Crippen molar-refractivity contribution in [2.24, 2.45) is 11.7 Å². The van der Waals surface area contributed by atoms with Gasteiger partial charge >= 0.3 is 0 Å². The van der Waals surface area contributed by atoms with Crippen LogP contribution in [0.25, 0.3) is 0 Å². The molecule has 0 aromatic rings. The van der Waals surface area contributed by atoms with E-state index in [1.165, 1.54) is 6.42 Å². The second-order valence-corrected chi connectivity index (χ2v) is 6.87. The molecule has 1 aliphatic carbocycles. The van der Waals surface area contributed by atoms with Gasteiger partial charge in [0.2, 0.25) is 0 Å². The Labute approximate surface area is 134 Å². The predicted molar refractivity (Wildman–Crippen MR) is 86.0 cm³/mol. The summed E-state index contributed by atoms with van der Waals surface area (Å²) in [4.78, 5) is 0. The SMILES string of the molecule is CC(C)C[C@@H](CO)NC(O)[C@H](N)CC(O)OC1CCCCC1. The van der Waals surface area contributed by atoms with Crippen molar-refractivity contribution in [1.82, 2.24) is 5.32 Å². The van der Waals surface area contributed by atoms with Crippen LogP contribution in [0.1, 0.15) is 58.8 Å². The number of aliphatic hydroxyl groups is 3. The fourth-order valence-corrected chi connectivity index (χ4v) is 2.97. The number of rotatable bonds is 10. The van der Waals surface area contributed by atoms with Crippen molar-refractivity contribution >= 4 is 0 Å². The molecule has 1 rings (SSSR count). The molecule has 2 unspecified atom stereocenters. The lowest BCUT2D eigenvalue weighted by Gasteiger charge is -2.29. The number of nitrogens with two attached hydrogens (primary N) is 1. The summed E-state index contributed by atoms with van der Waals surface area (Å²) in [5.74, 6) is 0.410. The summed E-state index contributed by atoms with van der Waals surface area (Å²) >= 11 is 0. The molecule has 0 radical (unpaired) electrons. The zero-order chi connectivity index (χ0) is 16.5. The molecule has 132 valence electrons. The van der Waals surface area contributed by atoms with E-state index in [0.717, 1.165) is 32.1 Å². The maximum Gasteiger partial charge on any atom is 0.156 e. The van der Waals surface area contributed by atoms with E-state index in [4.69, 9.17) is 10.5 Å². The minimum Gasteiger partial charge on any atom is -0.395 e. The van der Waals surface area contributed by atoms with Gasteiger partial charge in [0.1, 0.15) is 6.23 Å². The Balaban J connectivity index is 2.30. The monoisotopic (exact) mass is 318 g/mol. The standard InChI is InChI=1S/C16H34N2O4/c1-11(2)8-12(10-19)18-16(21)14(17)9-15(20)22-13-6-4-3-5-7-13/h11-16,18-21H,3-10,17H2,1-2H3/t12-,14+,15?,16?/m0/s1. The first-order chi connectivity index (χ1) is 10.4. The number of aliphatic hydroxyl groups excluding tert-OH is 3. The molecule has 1 saturated carbocycles. The number of hydrogen-bond donors (Lipinski definition) is 5. The van der Waals surface area contributed by atoms with Gasteiger partial charge in [-0.2, -0.15) is 0 Å². The second kappa shape index (κ2) is 10.5. The Morgan fingerprint density at radius 3 is 2.32 bits per heavy atom. The average Bonchev–Trinajstić information content (AvgIpc) is 2.46. The summed E-state index contributed by atoms with van der Waals surface area (Å²) in [6, 6.07) is -0.836. The average molecular weight is 318 g/mol. The third-order valence-electron chi connectivity index (χ3n) is 4.16. The van der Waals surface area contributed by atoms with Crippen molar-refractivity contribution < 1.29 is 20.1 Å². The quantitative estimate of drug-likeness (QED) is 0.379. The number of hydrogen-bond acceptors (Lipinski definition) is 6. The molecule has 0 heterocycles. The molecule has 1 aliphatic rings. The Morgan fingerprint density at radius 2 is 1.77 bits per heavy atom. The highest BCUT2D eigenvalue weighted by Crippen LogP contribution is 2.22. The Bertz CT molecular complexity index is 285. The van der Waals surface area contributed by atoms with Crippen molar-refractivity contribution in [3.05, 3.63) is 0 Å². The molecule has 4 atom stereocenters. The molecule has 22 heavy (non-hydrogen) atoms. The van der Waals surface area contributed by atoms with Crippen molar-refractivity contribution in [1.29, 1.82) is 0 Å². The topological polar surface area (TPSA) is 108 Å². The highest BCUT2D eigenvalue weighted by molar-refractivity contribution is 4.77. The Hall–Kier alpha value is -0.240. The zero-order valence-corrected chi connectivity index (χ0v) is 13.9. The maximum absolute atomic E-state index is 10.1. The van der Waals surface area contributed by atoms with Crippen LogP contribution in [0.4, 0.5) is 0 Å². The van der Waals surface area contributed by atoms with Crippen LogP contribution in [0.5, 0.6) is 0 Å². The minimum absolute atomic E-state index is 0.0525. The van der Waals surface area contributed by atoms with Gasteiger partial charge in [0, 0.05) is 18.5 Å². The van der Waals surface area contributed by atoms with Gasteiger partial charge in [-0.05, 0) is 25.2 Å². The summed E-state index contributed by atoms with van der Waals surface area (Å²) in [5.41, 5.74) is 5.92. The molecular weight excluding hydrogens is 284 g/mol. The Morgan fingerprint density at radius 1 is 1.14 bits per heavy atom. The van der Waals surface area contributed by atoms with E-state index in [0.29, 0.717) is 5.92 Å². The highest BCUT2D eigenvalue weighted by Gasteiger charge is 2.24. The van der Waals surface area contributed by atoms with Crippen LogP contribution >= 0.6 is 0 Å². The van der Waals surface area contributed by atoms with Crippen molar-refractivity contribution in [2.45, 2.75) is 89.5 Å². The van der Waals surface area contributed by atoms with E-state index >= 15 is 0 Å². The normalized spacial score (nSPS) is 22.5. The Kier molecular flexibility index (Phi) is 9.47. The summed E-state index contributed by atoms with van der Waals surface area (Å²) < 4.78 is 5.60. The van der Waals surface area contributed by atoms with Crippen LogP contribution in [-0.4, -0.2) is 52.6 Å². The number of nitrogens with one attached hydrogen (secondary N) is 1. The van der Waals surface area contributed by atoms with Crippen molar-refractivity contribution in [3.8, 4) is 0 Å². The molecule has 0 spiro atoms. The van der Waals surface area contributed by atoms with Crippen molar-refractivity contribution in [3.63, 3.8) is 0 Å². The van der Waals surface area contributed by atoms with E-state index in [1.807, 2.05) is 0 Å². The van der Waals surface area contributed by atoms with Gasteiger partial charge in [-0.25, -0.2) is 0 Å². The van der Waals surface area contributed by atoms with Crippen LogP contribution in [0.3, 0.4) is 0 Å². The van der Waals surface area contributed by atoms with Gasteiger partial charge in [-0.15, -0.1) is 0 Å². The summed E-state index contributed by atoms with van der Waals surface area (Å²) in [7, 11) is 0. The number of ether oxygens (including phenoxy) is 1. The lowest BCUT2D eigenvalue weighted by molar-refractivity contribution is -0.153. The summed E-state index contributed by atoms with van der Waals surface area (Å²) in [6.45, 7) is 4.06. The first kappa shape index (κ1) is 19.8. The van der Waals surface area contributed by atoms with Gasteiger partial charge in [0.25, 0.3) is 0 Å². The van der Waals surface area contributed by atoms with Crippen LogP contribution in [-0.2, 0) is 4.74 Å². The smallest absolute Gasteiger partial charge is 0.156 e.